The Morgan fingerprint density at radius 1 is 0.783 bits per heavy atom. The number of rotatable bonds is 10. The summed E-state index contributed by atoms with van der Waals surface area (Å²) in [5.74, 6) is -0.245. The minimum absolute atomic E-state index is 0.245. The largest absolute Gasteiger partial charge is 0.508 e. The van der Waals surface area contributed by atoms with Crippen molar-refractivity contribution in [1.29, 1.82) is 0 Å². The zero-order valence-electron chi connectivity index (χ0n) is 26.8. The van der Waals surface area contributed by atoms with E-state index >= 15 is 0 Å². The third-order valence-corrected chi connectivity index (χ3v) is 9.12. The molecular formula is C39H41N2O4S+. The minimum Gasteiger partial charge on any atom is -0.508 e. The van der Waals surface area contributed by atoms with E-state index in [2.05, 4.69) is 85.7 Å². The van der Waals surface area contributed by atoms with Crippen LogP contribution in [0.25, 0.3) is 5.57 Å². The van der Waals surface area contributed by atoms with Crippen LogP contribution < -0.4 is 4.90 Å². The van der Waals surface area contributed by atoms with Gasteiger partial charge in [-0.1, -0.05) is 65.7 Å². The van der Waals surface area contributed by atoms with Crippen molar-refractivity contribution in [2.75, 3.05) is 18.0 Å². The van der Waals surface area contributed by atoms with Crippen LogP contribution in [0.5, 0.6) is 5.75 Å². The number of phenols is 1. The number of benzene rings is 4. The molecule has 0 fully saturated rings. The SMILES string of the molecule is CCN(Cc1cccc(C)c1)c1ccc(C(=C2C=CC(=[N+](CC)Cc3cccc(C)c3)C=C2)c2ccc(O)cc2S(=O)(=O)O)cc1. The highest BCUT2D eigenvalue weighted by Gasteiger charge is 2.23. The van der Waals surface area contributed by atoms with Crippen molar-refractivity contribution in [1.82, 2.24) is 0 Å². The first-order valence-corrected chi connectivity index (χ1v) is 17.0. The Hall–Kier alpha value is -4.72. The van der Waals surface area contributed by atoms with Crippen molar-refractivity contribution >= 4 is 27.1 Å². The molecule has 0 saturated carbocycles. The van der Waals surface area contributed by atoms with E-state index in [4.69, 9.17) is 0 Å². The van der Waals surface area contributed by atoms with Crippen LogP contribution in [0.1, 0.15) is 47.2 Å². The molecular weight excluding hydrogens is 593 g/mol. The molecule has 1 aliphatic carbocycles. The first-order chi connectivity index (χ1) is 22.0. The van der Waals surface area contributed by atoms with Gasteiger partial charge in [0, 0.05) is 48.1 Å². The van der Waals surface area contributed by atoms with Gasteiger partial charge in [-0.25, -0.2) is 4.58 Å². The maximum atomic E-state index is 12.6. The maximum Gasteiger partial charge on any atom is 0.295 e. The van der Waals surface area contributed by atoms with Crippen molar-refractivity contribution in [2.45, 2.75) is 45.7 Å². The van der Waals surface area contributed by atoms with Crippen LogP contribution >= 0.6 is 0 Å². The number of aryl methyl sites for hydroxylation is 2. The second-order valence-electron chi connectivity index (χ2n) is 11.6. The Morgan fingerprint density at radius 3 is 2.00 bits per heavy atom. The lowest BCUT2D eigenvalue weighted by Gasteiger charge is -2.24. The van der Waals surface area contributed by atoms with Crippen molar-refractivity contribution in [2.24, 2.45) is 0 Å². The number of nitrogens with zero attached hydrogens (tertiary/aromatic N) is 2. The van der Waals surface area contributed by atoms with Gasteiger partial charge in [-0.3, -0.25) is 4.55 Å². The van der Waals surface area contributed by atoms with E-state index in [1.54, 1.807) is 6.07 Å². The van der Waals surface area contributed by atoms with Crippen molar-refractivity contribution in [3.8, 4) is 5.75 Å². The summed E-state index contributed by atoms with van der Waals surface area (Å²) in [6.07, 6.45) is 8.04. The van der Waals surface area contributed by atoms with Crippen LogP contribution in [-0.2, 0) is 23.2 Å². The molecule has 2 N–H and O–H groups in total. The summed E-state index contributed by atoms with van der Waals surface area (Å²) in [6.45, 7) is 11.6. The van der Waals surface area contributed by atoms with Gasteiger partial charge in [0.15, 0.2) is 12.3 Å². The molecule has 236 valence electrons. The van der Waals surface area contributed by atoms with Crippen molar-refractivity contribution in [3.63, 3.8) is 0 Å². The standard InChI is InChI=1S/C39H40N2O4S/c1-5-40(26-30-11-7-9-28(3)23-30)34-17-13-32(14-18-34)39(37-22-21-36(42)25-38(37)46(43,44)45)33-15-19-35(20-16-33)41(6-2)27-31-12-8-10-29(4)24-31/h7-25H,5-6,26-27H2,1-4H3,(H,43,44,45)/p+1. The Labute approximate surface area is 272 Å². The second-order valence-corrected chi connectivity index (χ2v) is 13.0. The topological polar surface area (TPSA) is 80.8 Å². The van der Waals surface area contributed by atoms with Crippen LogP contribution in [0.4, 0.5) is 5.69 Å². The molecule has 0 saturated heterocycles. The summed E-state index contributed by atoms with van der Waals surface area (Å²) in [7, 11) is -4.64. The smallest absolute Gasteiger partial charge is 0.295 e. The van der Waals surface area contributed by atoms with Gasteiger partial charge in [0.05, 0.1) is 0 Å². The van der Waals surface area contributed by atoms with Gasteiger partial charge in [-0.2, -0.15) is 8.42 Å². The van der Waals surface area contributed by atoms with E-state index in [0.29, 0.717) is 11.1 Å². The zero-order valence-corrected chi connectivity index (χ0v) is 27.6. The summed E-state index contributed by atoms with van der Waals surface area (Å²) in [4.78, 5) is 1.94. The number of hydrogen-bond donors (Lipinski definition) is 2. The molecule has 6 nitrogen and oxygen atoms in total. The molecule has 0 heterocycles. The third-order valence-electron chi connectivity index (χ3n) is 8.23. The van der Waals surface area contributed by atoms with Gasteiger partial charge >= 0.3 is 0 Å². The van der Waals surface area contributed by atoms with Gasteiger partial charge in [0.2, 0.25) is 0 Å². The number of hydrogen-bond acceptors (Lipinski definition) is 4. The number of allylic oxidation sites excluding steroid dienone is 5. The summed E-state index contributed by atoms with van der Waals surface area (Å²) in [5, 5.41) is 10.2. The monoisotopic (exact) mass is 633 g/mol. The quantitative estimate of drug-likeness (QED) is 0.137. The molecule has 4 aromatic rings. The molecule has 46 heavy (non-hydrogen) atoms. The number of phenolic OH excluding ortho intramolecular Hbond substituents is 1. The van der Waals surface area contributed by atoms with Crippen molar-refractivity contribution < 1.29 is 22.7 Å². The average Bonchev–Trinajstić information content (AvgIpc) is 3.04. The molecule has 0 spiro atoms. The third kappa shape index (κ3) is 7.73. The van der Waals surface area contributed by atoms with Gasteiger partial charge in [-0.15, -0.1) is 0 Å². The number of aromatic hydroxyl groups is 1. The van der Waals surface area contributed by atoms with Crippen molar-refractivity contribution in [3.05, 3.63) is 154 Å². The normalized spacial score (nSPS) is 12.8. The van der Waals surface area contributed by atoms with Crippen LogP contribution in [0.3, 0.4) is 0 Å². The van der Waals surface area contributed by atoms with E-state index in [1.165, 1.54) is 28.3 Å². The van der Waals surface area contributed by atoms with Gasteiger partial charge in [-0.05, 0) is 92.5 Å². The lowest BCUT2D eigenvalue weighted by Crippen LogP contribution is -2.22. The lowest BCUT2D eigenvalue weighted by atomic mass is 9.90. The molecule has 4 aromatic carbocycles. The fourth-order valence-electron chi connectivity index (χ4n) is 5.92. The summed E-state index contributed by atoms with van der Waals surface area (Å²) < 4.78 is 37.6. The molecule has 7 heteroatoms. The molecule has 0 bridgehead atoms. The maximum absolute atomic E-state index is 12.6. The molecule has 5 rings (SSSR count). The fraction of sp³-hybridized carbons (Fsp3) is 0.205. The minimum atomic E-state index is -4.64. The van der Waals surface area contributed by atoms with E-state index in [0.717, 1.165) is 54.8 Å². The fourth-order valence-corrected chi connectivity index (χ4v) is 6.64. The molecule has 1 aliphatic rings. The van der Waals surface area contributed by atoms with Crippen LogP contribution in [0, 0.1) is 13.8 Å². The first-order valence-electron chi connectivity index (χ1n) is 15.6. The van der Waals surface area contributed by atoms with Crippen LogP contribution in [-0.4, -0.2) is 41.5 Å². The summed E-state index contributed by atoms with van der Waals surface area (Å²) in [6, 6.07) is 29.1. The highest BCUT2D eigenvalue weighted by Crippen LogP contribution is 2.36. The molecule has 0 atom stereocenters. The highest BCUT2D eigenvalue weighted by atomic mass is 32.2. The predicted molar refractivity (Wildman–Crippen MR) is 187 cm³/mol. The Morgan fingerprint density at radius 2 is 1.41 bits per heavy atom. The van der Waals surface area contributed by atoms with E-state index in [9.17, 15) is 18.1 Å². The Bertz CT molecular complexity index is 1950. The van der Waals surface area contributed by atoms with Crippen LogP contribution in [0.2, 0.25) is 0 Å². The Balaban J connectivity index is 1.57. The Kier molecular flexibility index (Phi) is 10.0. The molecule has 0 amide bonds. The zero-order chi connectivity index (χ0) is 32.8. The van der Waals surface area contributed by atoms with E-state index < -0.39 is 10.1 Å². The molecule has 0 aromatic heterocycles. The van der Waals surface area contributed by atoms with Gasteiger partial charge in [0.1, 0.15) is 17.2 Å². The molecule has 0 radical (unpaired) electrons. The molecule has 0 unspecified atom stereocenters. The summed E-state index contributed by atoms with van der Waals surface area (Å²) >= 11 is 0. The lowest BCUT2D eigenvalue weighted by molar-refractivity contribution is -0.539. The highest BCUT2D eigenvalue weighted by molar-refractivity contribution is 7.86. The average molecular weight is 634 g/mol. The molecule has 0 aliphatic heterocycles. The number of anilines is 1. The van der Waals surface area contributed by atoms with Crippen LogP contribution in [0.15, 0.2) is 126 Å². The van der Waals surface area contributed by atoms with E-state index in [-0.39, 0.29) is 10.6 Å². The second kappa shape index (κ2) is 14.1. The summed E-state index contributed by atoms with van der Waals surface area (Å²) in [5.41, 5.74) is 9.47. The van der Waals surface area contributed by atoms with Gasteiger partial charge < -0.3 is 10.0 Å². The first kappa shape index (κ1) is 32.7. The predicted octanol–water partition coefficient (Wildman–Crippen LogP) is 7.88. The van der Waals surface area contributed by atoms with E-state index in [1.807, 2.05) is 48.6 Å². The van der Waals surface area contributed by atoms with Gasteiger partial charge in [0.25, 0.3) is 10.1 Å².